The summed E-state index contributed by atoms with van der Waals surface area (Å²) in [5.74, 6) is -0.627. The lowest BCUT2D eigenvalue weighted by molar-refractivity contribution is -0.179. The van der Waals surface area contributed by atoms with Gasteiger partial charge in [-0.15, -0.1) is 0 Å². The zero-order valence-corrected chi connectivity index (χ0v) is 12.1. The van der Waals surface area contributed by atoms with Crippen molar-refractivity contribution >= 4 is 5.91 Å². The molecule has 1 aliphatic heterocycles. The average molecular weight is 324 g/mol. The summed E-state index contributed by atoms with van der Waals surface area (Å²) in [6.07, 6.45) is 0.230. The summed E-state index contributed by atoms with van der Waals surface area (Å²) < 4.78 is 41.2. The Kier molecular flexibility index (Phi) is 4.08. The van der Waals surface area contributed by atoms with Gasteiger partial charge in [0.25, 0.3) is 5.91 Å². The Labute approximate surface area is 130 Å². The van der Waals surface area contributed by atoms with E-state index in [1.807, 2.05) is 0 Å². The number of imidazole rings is 1. The van der Waals surface area contributed by atoms with Gasteiger partial charge in [-0.1, -0.05) is 12.1 Å². The highest BCUT2D eigenvalue weighted by atomic mass is 19.4. The number of hydrogen-bond acceptors (Lipinski definition) is 3. The minimum atomic E-state index is -4.47. The molecule has 1 aromatic heterocycles. The molecule has 0 spiro atoms. The number of alkyl halides is 3. The number of carbonyl (C=O) groups is 1. The summed E-state index contributed by atoms with van der Waals surface area (Å²) in [5.41, 5.74) is 0.733. The Balaban J connectivity index is 1.97. The lowest BCUT2D eigenvalue weighted by atomic mass is 10.1. The van der Waals surface area contributed by atoms with Gasteiger partial charge in [0.15, 0.2) is 0 Å². The monoisotopic (exact) mass is 324 g/mol. The van der Waals surface area contributed by atoms with Crippen LogP contribution in [-0.4, -0.2) is 52.2 Å². The Bertz CT molecular complexity index is 684. The van der Waals surface area contributed by atoms with Crippen molar-refractivity contribution in [3.63, 3.8) is 0 Å². The van der Waals surface area contributed by atoms with Crippen LogP contribution in [0, 0.1) is 0 Å². The zero-order valence-electron chi connectivity index (χ0n) is 12.1. The smallest absolute Gasteiger partial charge is 0.324 e. The van der Waals surface area contributed by atoms with Gasteiger partial charge < -0.3 is 14.8 Å². The fourth-order valence-corrected chi connectivity index (χ4v) is 2.68. The van der Waals surface area contributed by atoms with Crippen LogP contribution in [0.2, 0.25) is 0 Å². The Morgan fingerprint density at radius 3 is 2.78 bits per heavy atom. The maximum atomic E-state index is 13.2. The maximum absolute atomic E-state index is 13.2. The van der Waals surface area contributed by atoms with E-state index >= 15 is 0 Å². The molecule has 0 radical (unpaired) electrons. The molecule has 122 valence electrons. The van der Waals surface area contributed by atoms with Crippen LogP contribution in [0.4, 0.5) is 13.2 Å². The number of rotatable bonds is 2. The van der Waals surface area contributed by atoms with Crippen LogP contribution in [-0.2, 0) is 0 Å². The summed E-state index contributed by atoms with van der Waals surface area (Å²) in [6.45, 7) is 0.0648. The van der Waals surface area contributed by atoms with Crippen molar-refractivity contribution in [1.82, 2.24) is 19.8 Å². The number of piperazine rings is 1. The van der Waals surface area contributed by atoms with Crippen molar-refractivity contribution in [3.05, 3.63) is 48.5 Å². The van der Waals surface area contributed by atoms with Crippen molar-refractivity contribution < 1.29 is 18.0 Å². The van der Waals surface area contributed by atoms with Gasteiger partial charge in [0.2, 0.25) is 0 Å². The molecule has 0 bridgehead atoms. The molecule has 1 fully saturated rings. The molecule has 0 saturated carbocycles. The van der Waals surface area contributed by atoms with Gasteiger partial charge >= 0.3 is 6.18 Å². The molecule has 3 rings (SSSR count). The van der Waals surface area contributed by atoms with Crippen LogP contribution >= 0.6 is 0 Å². The van der Waals surface area contributed by atoms with Gasteiger partial charge in [0.05, 0.1) is 17.6 Å². The second-order valence-corrected chi connectivity index (χ2v) is 5.25. The van der Waals surface area contributed by atoms with Crippen LogP contribution in [0.25, 0.3) is 5.69 Å². The Morgan fingerprint density at radius 1 is 1.30 bits per heavy atom. The van der Waals surface area contributed by atoms with Crippen molar-refractivity contribution in [1.29, 1.82) is 0 Å². The Hall–Kier alpha value is -2.35. The molecule has 1 unspecified atom stereocenters. The third-order valence-corrected chi connectivity index (χ3v) is 3.80. The lowest BCUT2D eigenvalue weighted by Gasteiger charge is -2.37. The summed E-state index contributed by atoms with van der Waals surface area (Å²) in [6, 6.07) is 4.76. The highest BCUT2D eigenvalue weighted by Crippen LogP contribution is 2.28. The third-order valence-electron chi connectivity index (χ3n) is 3.80. The minimum absolute atomic E-state index is 0.0152. The van der Waals surface area contributed by atoms with E-state index < -0.39 is 18.1 Å². The number of amides is 1. The third kappa shape index (κ3) is 3.07. The van der Waals surface area contributed by atoms with Crippen molar-refractivity contribution in [3.8, 4) is 5.69 Å². The van der Waals surface area contributed by atoms with E-state index in [9.17, 15) is 18.0 Å². The number of carbonyl (C=O) groups excluding carboxylic acids is 1. The predicted molar refractivity (Wildman–Crippen MR) is 77.3 cm³/mol. The van der Waals surface area contributed by atoms with E-state index in [1.165, 1.54) is 12.4 Å². The summed E-state index contributed by atoms with van der Waals surface area (Å²) >= 11 is 0. The predicted octanol–water partition coefficient (Wildman–Crippen LogP) is 1.85. The van der Waals surface area contributed by atoms with Gasteiger partial charge in [0, 0.05) is 32.0 Å². The zero-order chi connectivity index (χ0) is 16.4. The fourth-order valence-electron chi connectivity index (χ4n) is 2.68. The van der Waals surface area contributed by atoms with Gasteiger partial charge in [0.1, 0.15) is 6.04 Å². The van der Waals surface area contributed by atoms with Crippen LogP contribution in [0.1, 0.15) is 10.4 Å². The number of nitrogens with zero attached hydrogens (tertiary/aromatic N) is 3. The summed E-state index contributed by atoms with van der Waals surface area (Å²) in [7, 11) is 0. The molecule has 23 heavy (non-hydrogen) atoms. The molecular formula is C15H15F3N4O. The SMILES string of the molecule is O=C(c1ccccc1-n1ccnc1)N1CCNCC1C(F)(F)F. The van der Waals surface area contributed by atoms with Crippen molar-refractivity contribution in [2.24, 2.45) is 0 Å². The van der Waals surface area contributed by atoms with Crippen LogP contribution < -0.4 is 5.32 Å². The summed E-state index contributed by atoms with van der Waals surface area (Å²) in [5, 5.41) is 2.69. The number of halogens is 3. The number of nitrogens with one attached hydrogen (secondary N) is 1. The minimum Gasteiger partial charge on any atom is -0.324 e. The number of aromatic nitrogens is 2. The molecule has 1 atom stereocenters. The molecule has 0 aliphatic carbocycles. The van der Waals surface area contributed by atoms with Gasteiger partial charge in [-0.3, -0.25) is 4.79 Å². The van der Waals surface area contributed by atoms with Crippen LogP contribution in [0.15, 0.2) is 43.0 Å². The fraction of sp³-hybridized carbons (Fsp3) is 0.333. The molecule has 1 saturated heterocycles. The number of hydrogen-bond donors (Lipinski definition) is 1. The normalized spacial score (nSPS) is 18.9. The topological polar surface area (TPSA) is 50.2 Å². The van der Waals surface area contributed by atoms with Gasteiger partial charge in [-0.25, -0.2) is 4.98 Å². The van der Waals surface area contributed by atoms with E-state index in [1.54, 1.807) is 35.2 Å². The van der Waals surface area contributed by atoms with Gasteiger partial charge in [-0.2, -0.15) is 13.2 Å². The highest BCUT2D eigenvalue weighted by molar-refractivity contribution is 5.98. The molecular weight excluding hydrogens is 309 g/mol. The van der Waals surface area contributed by atoms with Crippen LogP contribution in [0.5, 0.6) is 0 Å². The standard InChI is InChI=1S/C15H15F3N4O/c16-15(17,18)13-9-19-6-8-22(13)14(23)11-3-1-2-4-12(11)21-7-5-20-10-21/h1-5,7,10,13,19H,6,8-9H2. The van der Waals surface area contributed by atoms with E-state index in [-0.39, 0.29) is 18.7 Å². The molecule has 1 aliphatic rings. The first-order chi connectivity index (χ1) is 11.0. The first kappa shape index (κ1) is 15.5. The molecule has 5 nitrogen and oxygen atoms in total. The van der Waals surface area contributed by atoms with E-state index in [2.05, 4.69) is 10.3 Å². The maximum Gasteiger partial charge on any atom is 0.410 e. The van der Waals surface area contributed by atoms with Gasteiger partial charge in [-0.05, 0) is 12.1 Å². The van der Waals surface area contributed by atoms with Crippen molar-refractivity contribution in [2.75, 3.05) is 19.6 Å². The average Bonchev–Trinajstić information content (AvgIpc) is 3.08. The molecule has 8 heteroatoms. The molecule has 2 aromatic rings. The molecule has 1 aromatic carbocycles. The van der Waals surface area contributed by atoms with E-state index in [0.29, 0.717) is 12.2 Å². The molecule has 2 heterocycles. The molecule has 1 N–H and O–H groups in total. The first-order valence-corrected chi connectivity index (χ1v) is 7.14. The largest absolute Gasteiger partial charge is 0.410 e. The van der Waals surface area contributed by atoms with Crippen molar-refractivity contribution in [2.45, 2.75) is 12.2 Å². The highest BCUT2D eigenvalue weighted by Gasteiger charge is 2.46. The quantitative estimate of drug-likeness (QED) is 0.917. The Morgan fingerprint density at radius 2 is 2.09 bits per heavy atom. The first-order valence-electron chi connectivity index (χ1n) is 7.14. The lowest BCUT2D eigenvalue weighted by Crippen LogP contribution is -2.59. The summed E-state index contributed by atoms with van der Waals surface area (Å²) in [4.78, 5) is 17.5. The van der Waals surface area contributed by atoms with E-state index in [4.69, 9.17) is 0 Å². The number of para-hydroxylation sites is 1. The second kappa shape index (κ2) is 6.04. The van der Waals surface area contributed by atoms with E-state index in [0.717, 1.165) is 4.90 Å². The molecule has 1 amide bonds. The van der Waals surface area contributed by atoms with Crippen LogP contribution in [0.3, 0.4) is 0 Å². The number of benzene rings is 1. The second-order valence-electron chi connectivity index (χ2n) is 5.25.